The first-order valence-corrected chi connectivity index (χ1v) is 9.12. The number of nitrogens with one attached hydrogen (secondary N) is 1. The molecule has 1 heterocycles. The number of nitrogens with zero attached hydrogens (tertiary/aromatic N) is 1. The Bertz CT molecular complexity index is 832. The van der Waals surface area contributed by atoms with Crippen LogP contribution in [0, 0.1) is 18.6 Å². The van der Waals surface area contributed by atoms with E-state index in [2.05, 4.69) is 5.32 Å². The number of amides is 1. The number of carbonyl (C=O) groups excluding carboxylic acids is 1. The van der Waals surface area contributed by atoms with Crippen LogP contribution < -0.4 is 10.2 Å². The number of hydrogen-bond acceptors (Lipinski definition) is 2. The summed E-state index contributed by atoms with van der Waals surface area (Å²) in [5.41, 5.74) is 1.66. The predicted octanol–water partition coefficient (Wildman–Crippen LogP) is 4.54. The van der Waals surface area contributed by atoms with E-state index in [-0.39, 0.29) is 17.3 Å². The van der Waals surface area contributed by atoms with Gasteiger partial charge in [-0.2, -0.15) is 0 Å². The van der Waals surface area contributed by atoms with Crippen molar-refractivity contribution in [1.82, 2.24) is 0 Å². The molecule has 136 valence electrons. The monoisotopic (exact) mass is 356 g/mol. The Morgan fingerprint density at radius 3 is 2.31 bits per heavy atom. The van der Waals surface area contributed by atoms with Crippen LogP contribution in [0.5, 0.6) is 0 Å². The summed E-state index contributed by atoms with van der Waals surface area (Å²) in [7, 11) is 0. The highest BCUT2D eigenvalue weighted by Gasteiger charge is 2.51. The van der Waals surface area contributed by atoms with Crippen LogP contribution in [0.25, 0.3) is 0 Å². The second-order valence-corrected chi connectivity index (χ2v) is 7.39. The molecule has 2 aromatic rings. The molecule has 1 aliphatic heterocycles. The molecule has 1 N–H and O–H groups in total. The van der Waals surface area contributed by atoms with Crippen LogP contribution in [0.3, 0.4) is 0 Å². The maximum Gasteiger partial charge on any atom is 0.235 e. The third-order valence-corrected chi connectivity index (χ3v) is 5.45. The van der Waals surface area contributed by atoms with Gasteiger partial charge >= 0.3 is 0 Å². The third-order valence-electron chi connectivity index (χ3n) is 5.45. The van der Waals surface area contributed by atoms with Crippen molar-refractivity contribution in [3.8, 4) is 0 Å². The normalized spacial score (nSPS) is 18.0. The molecule has 0 spiro atoms. The van der Waals surface area contributed by atoms with Gasteiger partial charge in [-0.15, -0.1) is 0 Å². The molecule has 0 atom stereocenters. The van der Waals surface area contributed by atoms with Gasteiger partial charge in [-0.25, -0.2) is 8.78 Å². The lowest BCUT2D eigenvalue weighted by Crippen LogP contribution is -2.28. The summed E-state index contributed by atoms with van der Waals surface area (Å²) in [6.45, 7) is 3.31. The van der Waals surface area contributed by atoms with E-state index in [1.54, 1.807) is 4.90 Å². The number of benzene rings is 2. The van der Waals surface area contributed by atoms with Gasteiger partial charge in [-0.1, -0.05) is 29.8 Å². The zero-order valence-electron chi connectivity index (χ0n) is 14.8. The lowest BCUT2D eigenvalue weighted by Gasteiger charge is -2.21. The molecule has 1 saturated heterocycles. The zero-order valence-corrected chi connectivity index (χ0v) is 14.8. The van der Waals surface area contributed by atoms with E-state index < -0.39 is 17.0 Å². The number of carbonyl (C=O) groups is 1. The number of rotatable bonds is 4. The lowest BCUT2D eigenvalue weighted by molar-refractivity contribution is -0.118. The van der Waals surface area contributed by atoms with E-state index in [0.29, 0.717) is 13.1 Å². The molecule has 26 heavy (non-hydrogen) atoms. The molecule has 1 aliphatic carbocycles. The summed E-state index contributed by atoms with van der Waals surface area (Å²) < 4.78 is 28.9. The molecule has 1 saturated carbocycles. The number of aryl methyl sites for hydroxylation is 1. The Labute approximate surface area is 152 Å². The molecule has 4 rings (SSSR count). The second kappa shape index (κ2) is 6.38. The Balaban J connectivity index is 1.57. The quantitative estimate of drug-likeness (QED) is 0.872. The largest absolute Gasteiger partial charge is 0.367 e. The van der Waals surface area contributed by atoms with E-state index >= 15 is 0 Å². The molecule has 2 fully saturated rings. The molecular formula is C21H22F2N2O. The van der Waals surface area contributed by atoms with Crippen LogP contribution in [-0.2, 0) is 10.2 Å². The first-order valence-electron chi connectivity index (χ1n) is 9.12. The molecule has 2 aromatic carbocycles. The van der Waals surface area contributed by atoms with E-state index in [1.807, 2.05) is 31.2 Å². The minimum atomic E-state index is -0.623. The smallest absolute Gasteiger partial charge is 0.235 e. The number of anilines is 2. The summed E-state index contributed by atoms with van der Waals surface area (Å²) in [6.07, 6.45) is 3.38. The van der Waals surface area contributed by atoms with E-state index in [1.165, 1.54) is 12.1 Å². The van der Waals surface area contributed by atoms with Crippen LogP contribution in [0.1, 0.15) is 36.8 Å². The van der Waals surface area contributed by atoms with Crippen molar-refractivity contribution in [2.45, 2.75) is 38.0 Å². The molecule has 5 heteroatoms. The van der Waals surface area contributed by atoms with Crippen LogP contribution in [0.2, 0.25) is 0 Å². The van der Waals surface area contributed by atoms with E-state index in [4.69, 9.17) is 0 Å². The van der Waals surface area contributed by atoms with Gasteiger partial charge in [-0.3, -0.25) is 4.79 Å². The highest BCUT2D eigenvalue weighted by molar-refractivity contribution is 6.01. The average molecular weight is 356 g/mol. The van der Waals surface area contributed by atoms with Crippen LogP contribution in [0.4, 0.5) is 20.2 Å². The lowest BCUT2D eigenvalue weighted by atomic mass is 9.93. The Hall–Kier alpha value is -2.43. The van der Waals surface area contributed by atoms with Crippen molar-refractivity contribution in [2.75, 3.05) is 23.3 Å². The number of halogens is 2. The van der Waals surface area contributed by atoms with Crippen molar-refractivity contribution >= 4 is 17.3 Å². The van der Waals surface area contributed by atoms with Crippen molar-refractivity contribution < 1.29 is 13.6 Å². The van der Waals surface area contributed by atoms with Gasteiger partial charge in [0.2, 0.25) is 5.91 Å². The third kappa shape index (κ3) is 2.96. The number of hydrogen-bond donors (Lipinski definition) is 1. The fourth-order valence-electron chi connectivity index (χ4n) is 3.85. The molecule has 3 nitrogen and oxygen atoms in total. The Kier molecular flexibility index (Phi) is 4.17. The van der Waals surface area contributed by atoms with Gasteiger partial charge in [0.15, 0.2) is 11.6 Å². The summed E-state index contributed by atoms with van der Waals surface area (Å²) in [5.74, 6) is -1.44. The van der Waals surface area contributed by atoms with Crippen molar-refractivity contribution in [1.29, 1.82) is 0 Å². The molecule has 0 unspecified atom stereocenters. The van der Waals surface area contributed by atoms with Gasteiger partial charge in [0.05, 0.1) is 5.41 Å². The standard InChI is InChI=1S/C21H22F2N2O/c1-14-5-4-6-15(11-14)21(7-8-21)20(26)24-16-12-17(22)19(18(23)13-16)25-9-2-3-10-25/h4-6,11-13H,2-3,7-10H2,1H3,(H,24,26). The van der Waals surface area contributed by atoms with Crippen molar-refractivity contribution in [3.05, 3.63) is 59.2 Å². The van der Waals surface area contributed by atoms with Crippen molar-refractivity contribution in [2.24, 2.45) is 0 Å². The molecular weight excluding hydrogens is 334 g/mol. The SMILES string of the molecule is Cc1cccc(C2(C(=O)Nc3cc(F)c(N4CCCC4)c(F)c3)CC2)c1. The minimum Gasteiger partial charge on any atom is -0.367 e. The van der Waals surface area contributed by atoms with Gasteiger partial charge in [0, 0.05) is 18.8 Å². The van der Waals surface area contributed by atoms with Gasteiger partial charge in [-0.05, 0) is 50.3 Å². The summed E-state index contributed by atoms with van der Waals surface area (Å²) in [6, 6.07) is 10.3. The fourth-order valence-corrected chi connectivity index (χ4v) is 3.85. The fraction of sp³-hybridized carbons (Fsp3) is 0.381. The van der Waals surface area contributed by atoms with E-state index in [9.17, 15) is 13.6 Å². The van der Waals surface area contributed by atoms with Crippen LogP contribution in [-0.4, -0.2) is 19.0 Å². The molecule has 0 radical (unpaired) electrons. The maximum atomic E-state index is 14.5. The molecule has 0 bridgehead atoms. The summed E-state index contributed by atoms with van der Waals surface area (Å²) in [5, 5.41) is 2.72. The van der Waals surface area contributed by atoms with Gasteiger partial charge in [0.1, 0.15) is 5.69 Å². The molecule has 2 aliphatic rings. The first kappa shape index (κ1) is 17.0. The van der Waals surface area contributed by atoms with E-state index in [0.717, 1.165) is 36.8 Å². The molecule has 1 amide bonds. The summed E-state index contributed by atoms with van der Waals surface area (Å²) in [4.78, 5) is 14.5. The highest BCUT2D eigenvalue weighted by Crippen LogP contribution is 2.49. The second-order valence-electron chi connectivity index (χ2n) is 7.39. The highest BCUT2D eigenvalue weighted by atomic mass is 19.1. The minimum absolute atomic E-state index is 0.0142. The Morgan fingerprint density at radius 1 is 1.08 bits per heavy atom. The van der Waals surface area contributed by atoms with Crippen LogP contribution in [0.15, 0.2) is 36.4 Å². The zero-order chi connectivity index (χ0) is 18.3. The first-order chi connectivity index (χ1) is 12.5. The maximum absolute atomic E-state index is 14.5. The summed E-state index contributed by atoms with van der Waals surface area (Å²) >= 11 is 0. The van der Waals surface area contributed by atoms with Gasteiger partial charge in [0.25, 0.3) is 0 Å². The average Bonchev–Trinajstić information content (AvgIpc) is 3.24. The predicted molar refractivity (Wildman–Crippen MR) is 98.5 cm³/mol. The van der Waals surface area contributed by atoms with Gasteiger partial charge < -0.3 is 10.2 Å². The van der Waals surface area contributed by atoms with Crippen LogP contribution >= 0.6 is 0 Å². The van der Waals surface area contributed by atoms with Crippen molar-refractivity contribution in [3.63, 3.8) is 0 Å². The topological polar surface area (TPSA) is 32.3 Å². The molecule has 0 aromatic heterocycles. The Morgan fingerprint density at radius 2 is 1.73 bits per heavy atom.